The minimum Gasteiger partial charge on any atom is -0.381 e. The van der Waals surface area contributed by atoms with E-state index in [1.54, 1.807) is 6.07 Å². The van der Waals surface area contributed by atoms with Gasteiger partial charge in [-0.05, 0) is 36.5 Å². The fraction of sp³-hybridized carbons (Fsp3) is 0.500. The fourth-order valence-electron chi connectivity index (χ4n) is 2.10. The van der Waals surface area contributed by atoms with E-state index < -0.39 is 0 Å². The van der Waals surface area contributed by atoms with Crippen LogP contribution in [0.15, 0.2) is 18.2 Å². The lowest BCUT2D eigenvalue weighted by Gasteiger charge is -2.28. The van der Waals surface area contributed by atoms with Crippen molar-refractivity contribution in [3.63, 3.8) is 0 Å². The number of nitrogens with two attached hydrogens (primary N) is 1. The van der Waals surface area contributed by atoms with Crippen LogP contribution in [0.3, 0.4) is 0 Å². The van der Waals surface area contributed by atoms with Crippen molar-refractivity contribution in [1.82, 2.24) is 0 Å². The molecule has 2 rings (SSSR count). The molecule has 1 aliphatic rings. The van der Waals surface area contributed by atoms with Crippen LogP contribution in [0, 0.1) is 5.92 Å². The van der Waals surface area contributed by atoms with Gasteiger partial charge in [0.25, 0.3) is 0 Å². The highest BCUT2D eigenvalue weighted by Crippen LogP contribution is 2.33. The van der Waals surface area contributed by atoms with Crippen LogP contribution in [0.25, 0.3) is 0 Å². The van der Waals surface area contributed by atoms with Gasteiger partial charge >= 0.3 is 0 Å². The maximum absolute atomic E-state index is 6.24. The maximum Gasteiger partial charge on any atom is 0.0469 e. The van der Waals surface area contributed by atoms with Crippen LogP contribution in [0.2, 0.25) is 10.0 Å². The summed E-state index contributed by atoms with van der Waals surface area (Å²) in [5.74, 6) is 0.451. The Morgan fingerprint density at radius 3 is 2.56 bits per heavy atom. The monoisotopic (exact) mass is 259 g/mol. The molecule has 1 aromatic rings. The summed E-state index contributed by atoms with van der Waals surface area (Å²) < 4.78 is 5.33. The second-order valence-electron chi connectivity index (χ2n) is 4.14. The molecule has 2 N–H and O–H groups in total. The molecule has 1 atom stereocenters. The molecular formula is C12H15Cl2NO. The first-order chi connectivity index (χ1) is 7.68. The highest BCUT2D eigenvalue weighted by molar-refractivity contribution is 6.35. The SMILES string of the molecule is N[C@@H](c1ccc(Cl)cc1Cl)C1CCOCC1. The Morgan fingerprint density at radius 1 is 1.25 bits per heavy atom. The first kappa shape index (κ1) is 12.2. The summed E-state index contributed by atoms with van der Waals surface area (Å²) in [7, 11) is 0. The lowest BCUT2D eigenvalue weighted by atomic mass is 9.88. The third kappa shape index (κ3) is 2.69. The van der Waals surface area contributed by atoms with Gasteiger partial charge in [-0.3, -0.25) is 0 Å². The van der Waals surface area contributed by atoms with Crippen LogP contribution in [0.1, 0.15) is 24.4 Å². The molecule has 0 saturated carbocycles. The molecule has 0 aromatic heterocycles. The molecule has 16 heavy (non-hydrogen) atoms. The molecule has 1 heterocycles. The summed E-state index contributed by atoms with van der Waals surface area (Å²) in [5.41, 5.74) is 7.22. The first-order valence-corrected chi connectivity index (χ1v) is 6.22. The number of ether oxygens (including phenoxy) is 1. The van der Waals surface area contributed by atoms with E-state index in [2.05, 4.69) is 0 Å². The molecule has 0 radical (unpaired) electrons. The summed E-state index contributed by atoms with van der Waals surface area (Å²) in [4.78, 5) is 0. The smallest absolute Gasteiger partial charge is 0.0469 e. The number of hydrogen-bond donors (Lipinski definition) is 1. The van der Waals surface area contributed by atoms with Crippen LogP contribution in [-0.4, -0.2) is 13.2 Å². The van der Waals surface area contributed by atoms with Crippen molar-refractivity contribution in [1.29, 1.82) is 0 Å². The van der Waals surface area contributed by atoms with Crippen molar-refractivity contribution < 1.29 is 4.74 Å². The molecule has 1 saturated heterocycles. The van der Waals surface area contributed by atoms with Crippen molar-refractivity contribution >= 4 is 23.2 Å². The van der Waals surface area contributed by atoms with Crippen LogP contribution in [-0.2, 0) is 4.74 Å². The van der Waals surface area contributed by atoms with Crippen molar-refractivity contribution in [3.8, 4) is 0 Å². The van der Waals surface area contributed by atoms with Crippen molar-refractivity contribution in [2.45, 2.75) is 18.9 Å². The Kier molecular flexibility index (Phi) is 4.09. The highest BCUT2D eigenvalue weighted by atomic mass is 35.5. The van der Waals surface area contributed by atoms with Gasteiger partial charge in [0.15, 0.2) is 0 Å². The molecular weight excluding hydrogens is 245 g/mol. The Morgan fingerprint density at radius 2 is 1.94 bits per heavy atom. The zero-order valence-corrected chi connectivity index (χ0v) is 10.5. The van der Waals surface area contributed by atoms with Gasteiger partial charge in [0.1, 0.15) is 0 Å². The third-order valence-corrected chi connectivity index (χ3v) is 3.66. The number of halogens is 2. The Bertz CT molecular complexity index is 364. The van der Waals surface area contributed by atoms with Gasteiger partial charge in [-0.1, -0.05) is 29.3 Å². The zero-order chi connectivity index (χ0) is 11.5. The predicted octanol–water partition coefficient (Wildman–Crippen LogP) is 3.42. The van der Waals surface area contributed by atoms with Crippen LogP contribution in [0.4, 0.5) is 0 Å². The minimum atomic E-state index is -0.0198. The molecule has 1 aromatic carbocycles. The summed E-state index contributed by atoms with van der Waals surface area (Å²) >= 11 is 12.0. The normalized spacial score (nSPS) is 19.7. The molecule has 2 nitrogen and oxygen atoms in total. The summed E-state index contributed by atoms with van der Waals surface area (Å²) in [6.45, 7) is 1.59. The fourth-order valence-corrected chi connectivity index (χ4v) is 2.64. The lowest BCUT2D eigenvalue weighted by Crippen LogP contribution is -2.27. The standard InChI is InChI=1S/C12H15Cl2NO/c13-9-1-2-10(11(14)7-9)12(15)8-3-5-16-6-4-8/h1-2,7-8,12H,3-6,15H2/t12-/m1/s1. The Labute approximate surface area is 106 Å². The minimum absolute atomic E-state index is 0.0198. The van der Waals surface area contributed by atoms with E-state index in [0.717, 1.165) is 31.6 Å². The Balaban J connectivity index is 2.15. The summed E-state index contributed by atoms with van der Waals surface area (Å²) in [5, 5.41) is 1.31. The van der Waals surface area contributed by atoms with Crippen molar-refractivity contribution in [3.05, 3.63) is 33.8 Å². The lowest BCUT2D eigenvalue weighted by molar-refractivity contribution is 0.0584. The average Bonchev–Trinajstić information content (AvgIpc) is 2.29. The first-order valence-electron chi connectivity index (χ1n) is 5.47. The van der Waals surface area contributed by atoms with Gasteiger partial charge in [0, 0.05) is 29.3 Å². The van der Waals surface area contributed by atoms with Crippen LogP contribution >= 0.6 is 23.2 Å². The quantitative estimate of drug-likeness (QED) is 0.884. The van der Waals surface area contributed by atoms with E-state index in [-0.39, 0.29) is 6.04 Å². The second-order valence-corrected chi connectivity index (χ2v) is 4.99. The zero-order valence-electron chi connectivity index (χ0n) is 8.96. The third-order valence-electron chi connectivity index (χ3n) is 3.10. The molecule has 0 spiro atoms. The summed E-state index contributed by atoms with van der Waals surface area (Å²) in [6, 6.07) is 5.48. The molecule has 1 fully saturated rings. The van der Waals surface area contributed by atoms with Crippen molar-refractivity contribution in [2.24, 2.45) is 11.7 Å². The van der Waals surface area contributed by atoms with Gasteiger partial charge in [-0.2, -0.15) is 0 Å². The van der Waals surface area contributed by atoms with Gasteiger partial charge in [-0.25, -0.2) is 0 Å². The highest BCUT2D eigenvalue weighted by Gasteiger charge is 2.23. The average molecular weight is 260 g/mol. The van der Waals surface area contributed by atoms with E-state index in [4.69, 9.17) is 33.7 Å². The van der Waals surface area contributed by atoms with E-state index in [1.807, 2.05) is 12.1 Å². The maximum atomic E-state index is 6.24. The Hall–Kier alpha value is -0.280. The van der Waals surface area contributed by atoms with E-state index >= 15 is 0 Å². The van der Waals surface area contributed by atoms with E-state index in [0.29, 0.717) is 16.0 Å². The molecule has 88 valence electrons. The second kappa shape index (κ2) is 5.37. The van der Waals surface area contributed by atoms with Gasteiger partial charge in [-0.15, -0.1) is 0 Å². The number of hydrogen-bond acceptors (Lipinski definition) is 2. The molecule has 4 heteroatoms. The molecule has 1 aliphatic heterocycles. The van der Waals surface area contributed by atoms with Gasteiger partial charge in [0.05, 0.1) is 0 Å². The molecule has 0 aliphatic carbocycles. The van der Waals surface area contributed by atoms with Crippen molar-refractivity contribution in [2.75, 3.05) is 13.2 Å². The van der Waals surface area contributed by atoms with Crippen LogP contribution < -0.4 is 5.73 Å². The van der Waals surface area contributed by atoms with Gasteiger partial charge in [0.2, 0.25) is 0 Å². The predicted molar refractivity (Wildman–Crippen MR) is 66.9 cm³/mol. The molecule has 0 bridgehead atoms. The summed E-state index contributed by atoms with van der Waals surface area (Å²) in [6.07, 6.45) is 2.00. The number of benzene rings is 1. The van der Waals surface area contributed by atoms with E-state index in [9.17, 15) is 0 Å². The number of rotatable bonds is 2. The van der Waals surface area contributed by atoms with Gasteiger partial charge < -0.3 is 10.5 Å². The molecule has 0 unspecified atom stereocenters. The largest absolute Gasteiger partial charge is 0.381 e. The van der Waals surface area contributed by atoms with Crippen LogP contribution in [0.5, 0.6) is 0 Å². The van der Waals surface area contributed by atoms with E-state index in [1.165, 1.54) is 0 Å². The molecule has 0 amide bonds. The topological polar surface area (TPSA) is 35.2 Å².